The van der Waals surface area contributed by atoms with E-state index in [4.69, 9.17) is 4.74 Å². The second-order valence-electron chi connectivity index (χ2n) is 15.2. The lowest BCUT2D eigenvalue weighted by atomic mass is 9.99. The number of ether oxygens (including phenoxy) is 1. The summed E-state index contributed by atoms with van der Waals surface area (Å²) in [4.78, 5) is 118. The van der Waals surface area contributed by atoms with Gasteiger partial charge in [-0.15, -0.1) is 0 Å². The molecule has 0 aliphatic rings. The van der Waals surface area contributed by atoms with Crippen molar-refractivity contribution in [3.8, 4) is 0 Å². The van der Waals surface area contributed by atoms with Gasteiger partial charge in [-0.25, -0.2) is 4.68 Å². The maximum Gasteiger partial charge on any atom is 0.283 e. The maximum absolute atomic E-state index is 14.1. The van der Waals surface area contributed by atoms with Crippen molar-refractivity contribution in [2.45, 2.75) is 104 Å². The number of fused-ring (bicyclic) bond motifs is 1. The summed E-state index contributed by atoms with van der Waals surface area (Å²) in [5, 5.41) is 23.5. The molecule has 0 bridgehead atoms. The summed E-state index contributed by atoms with van der Waals surface area (Å²) in [5.74, 6) is -4.47. The number of hydrogen-bond donors (Lipinski definition) is 5. The lowest BCUT2D eigenvalue weighted by molar-refractivity contribution is -0.383. The summed E-state index contributed by atoms with van der Waals surface area (Å²) in [5.41, 5.74) is -1.72. The van der Waals surface area contributed by atoms with Crippen LogP contribution in [0.4, 0.5) is 5.69 Å². The Balaban J connectivity index is 1.95. The number of ketones is 1. The van der Waals surface area contributed by atoms with Crippen molar-refractivity contribution in [1.82, 2.24) is 35.9 Å². The Kier molecular flexibility index (Phi) is 17.2. The van der Waals surface area contributed by atoms with E-state index in [9.17, 15) is 48.5 Å². The van der Waals surface area contributed by atoms with E-state index in [0.717, 1.165) is 11.6 Å². The zero-order chi connectivity index (χ0) is 44.1. The molecule has 19 heteroatoms. The van der Waals surface area contributed by atoms with Crippen molar-refractivity contribution in [2.24, 2.45) is 11.8 Å². The monoisotopic (exact) mass is 822 g/mol. The minimum absolute atomic E-state index is 0.0613. The van der Waals surface area contributed by atoms with Crippen LogP contribution in [0.15, 0.2) is 58.1 Å². The molecule has 3 rings (SSSR count). The number of nitrogens with one attached hydrogen (secondary N) is 5. The third kappa shape index (κ3) is 13.4. The van der Waals surface area contributed by atoms with Crippen LogP contribution in [0.5, 0.6) is 0 Å². The second kappa shape index (κ2) is 21.5. The first-order valence-electron chi connectivity index (χ1n) is 19.2. The number of amides is 5. The van der Waals surface area contributed by atoms with Crippen LogP contribution in [-0.4, -0.2) is 99.3 Å². The van der Waals surface area contributed by atoms with E-state index in [2.05, 4.69) is 26.4 Å². The largest absolute Gasteiger partial charge is 0.371 e. The van der Waals surface area contributed by atoms with E-state index in [1.807, 2.05) is 30.3 Å². The minimum Gasteiger partial charge on any atom is -0.371 e. The second-order valence-corrected chi connectivity index (χ2v) is 15.2. The Morgan fingerprint density at radius 2 is 1.46 bits per heavy atom. The highest BCUT2D eigenvalue weighted by molar-refractivity contribution is 5.96. The number of nitro groups is 1. The Bertz CT molecular complexity index is 2130. The molecule has 2 aromatic carbocycles. The molecule has 0 aliphatic heterocycles. The Hall–Kier alpha value is -6.24. The number of aromatic amines is 1. The summed E-state index contributed by atoms with van der Waals surface area (Å²) in [6.45, 7) is 9.15. The molecule has 19 nitrogen and oxygen atoms in total. The fraction of sp³-hybridized carbons (Fsp3) is 0.500. The van der Waals surface area contributed by atoms with Crippen molar-refractivity contribution in [2.75, 3.05) is 14.1 Å². The van der Waals surface area contributed by atoms with Gasteiger partial charge in [0, 0.05) is 33.5 Å². The molecular weight excluding hydrogens is 768 g/mol. The number of rotatable bonds is 21. The highest BCUT2D eigenvalue weighted by Crippen LogP contribution is 2.19. The molecule has 0 unspecified atom stereocenters. The van der Waals surface area contributed by atoms with Gasteiger partial charge in [0.1, 0.15) is 30.1 Å². The molecule has 5 amide bonds. The number of nitrogens with zero attached hydrogens (tertiary/aromatic N) is 3. The van der Waals surface area contributed by atoms with Crippen molar-refractivity contribution in [3.05, 3.63) is 84.9 Å². The van der Waals surface area contributed by atoms with Crippen LogP contribution in [0.3, 0.4) is 0 Å². The fourth-order valence-corrected chi connectivity index (χ4v) is 6.19. The topological polar surface area (TPSA) is 261 Å². The number of carbonyl (C=O) groups is 6. The predicted octanol–water partition coefficient (Wildman–Crippen LogP) is 1.30. The van der Waals surface area contributed by atoms with Crippen LogP contribution in [0.1, 0.15) is 66.4 Å². The fourth-order valence-electron chi connectivity index (χ4n) is 6.19. The van der Waals surface area contributed by atoms with Gasteiger partial charge in [0.05, 0.1) is 29.1 Å². The summed E-state index contributed by atoms with van der Waals surface area (Å²) in [6.07, 6.45) is -1.34. The average Bonchev–Trinajstić information content (AvgIpc) is 3.17. The SMILES string of the molecule is CC(=O)N[C@H](C(=O)N[C@H](C(=O)N[C@@H](CC(C)C)C(=O)N[C@@H](CCC(=O)N(C)C)C(=O)Cn1[nH]c(=O)c2c([N+](=O)[O-])cccc2c1=O)[C@H](C)OCc1ccccc1)C(C)C. The summed E-state index contributed by atoms with van der Waals surface area (Å²) >= 11 is 0. The molecule has 0 fully saturated rings. The van der Waals surface area contributed by atoms with Crippen LogP contribution in [0, 0.1) is 22.0 Å². The van der Waals surface area contributed by atoms with Crippen LogP contribution in [0.2, 0.25) is 0 Å². The van der Waals surface area contributed by atoms with E-state index < -0.39 is 93.3 Å². The van der Waals surface area contributed by atoms with Gasteiger partial charge >= 0.3 is 0 Å². The van der Waals surface area contributed by atoms with E-state index >= 15 is 0 Å². The standard InChI is InChI=1S/C40H54N8O11/c1-22(2)19-29(43-39(55)35(24(5)59-21-26-13-10-9-11-14-26)44-38(54)34(23(3)4)41-25(6)49)36(52)42-28(17-18-32(51)46(7)8)31(50)20-47-40(56)27-15-12-16-30(48(57)58)33(27)37(53)45-47/h9-16,22-24,28-29,34-35H,17-21H2,1-8H3,(H,41,49)(H,42,52)(H,43,55)(H,44,54)(H,45,53)/t24-,28-,29-,34-,35-/m0/s1. The smallest absolute Gasteiger partial charge is 0.283 e. The quantitative estimate of drug-likeness (QED) is 0.0756. The van der Waals surface area contributed by atoms with Crippen molar-refractivity contribution in [3.63, 3.8) is 0 Å². The molecular formula is C40H54N8O11. The number of non-ortho nitro benzene ring substituents is 1. The predicted molar refractivity (Wildman–Crippen MR) is 217 cm³/mol. The minimum atomic E-state index is -1.41. The molecule has 3 aromatic rings. The maximum atomic E-state index is 14.1. The van der Waals surface area contributed by atoms with Gasteiger partial charge in [-0.3, -0.25) is 53.6 Å². The molecule has 5 N–H and O–H groups in total. The normalized spacial score (nSPS) is 13.8. The molecule has 0 spiro atoms. The highest BCUT2D eigenvalue weighted by atomic mass is 16.6. The number of H-pyrrole nitrogens is 1. The molecule has 0 aliphatic carbocycles. The summed E-state index contributed by atoms with van der Waals surface area (Å²) < 4.78 is 6.69. The molecule has 0 saturated heterocycles. The van der Waals surface area contributed by atoms with Crippen molar-refractivity contribution >= 4 is 51.8 Å². The Morgan fingerprint density at radius 3 is 2.03 bits per heavy atom. The summed E-state index contributed by atoms with van der Waals surface area (Å²) in [7, 11) is 3.01. The first-order valence-corrected chi connectivity index (χ1v) is 19.2. The number of hydrogen-bond acceptors (Lipinski definition) is 11. The third-order valence-electron chi connectivity index (χ3n) is 9.40. The van der Waals surface area contributed by atoms with Gasteiger partial charge < -0.3 is 30.9 Å². The zero-order valence-electron chi connectivity index (χ0n) is 34.5. The molecule has 0 saturated carbocycles. The number of aromatic nitrogens is 2. The van der Waals surface area contributed by atoms with Crippen LogP contribution < -0.4 is 32.4 Å². The molecule has 59 heavy (non-hydrogen) atoms. The van der Waals surface area contributed by atoms with Crippen LogP contribution in [0.25, 0.3) is 10.8 Å². The Morgan fingerprint density at radius 1 is 0.831 bits per heavy atom. The summed E-state index contributed by atoms with van der Waals surface area (Å²) in [6, 6.07) is 7.51. The van der Waals surface area contributed by atoms with Gasteiger partial charge in [0.25, 0.3) is 16.8 Å². The molecule has 0 radical (unpaired) electrons. The van der Waals surface area contributed by atoms with E-state index in [0.29, 0.717) is 4.68 Å². The Labute approximate surface area is 340 Å². The van der Waals surface area contributed by atoms with E-state index in [1.165, 1.54) is 38.1 Å². The molecule has 1 aromatic heterocycles. The number of Topliss-reactive ketones (excluding diaryl/α,β-unsaturated/α-hetero) is 1. The van der Waals surface area contributed by atoms with Crippen LogP contribution in [-0.2, 0) is 46.7 Å². The lowest BCUT2D eigenvalue weighted by Gasteiger charge is -2.30. The third-order valence-corrected chi connectivity index (χ3v) is 9.40. The lowest BCUT2D eigenvalue weighted by Crippen LogP contribution is -2.61. The average molecular weight is 823 g/mol. The number of nitro benzene ring substituents is 1. The number of carbonyl (C=O) groups excluding carboxylic acids is 6. The highest BCUT2D eigenvalue weighted by Gasteiger charge is 2.35. The van der Waals surface area contributed by atoms with E-state index in [-0.39, 0.29) is 49.0 Å². The van der Waals surface area contributed by atoms with Gasteiger partial charge in [0.15, 0.2) is 5.78 Å². The zero-order valence-corrected chi connectivity index (χ0v) is 34.5. The van der Waals surface area contributed by atoms with Crippen molar-refractivity contribution in [1.29, 1.82) is 0 Å². The number of benzene rings is 2. The van der Waals surface area contributed by atoms with E-state index in [1.54, 1.807) is 34.6 Å². The van der Waals surface area contributed by atoms with Crippen LogP contribution >= 0.6 is 0 Å². The van der Waals surface area contributed by atoms with Gasteiger partial charge in [-0.05, 0) is 43.2 Å². The van der Waals surface area contributed by atoms with Gasteiger partial charge in [-0.1, -0.05) is 64.1 Å². The van der Waals surface area contributed by atoms with Crippen molar-refractivity contribution < 1.29 is 38.4 Å². The molecule has 1 heterocycles. The van der Waals surface area contributed by atoms with Gasteiger partial charge in [0.2, 0.25) is 29.5 Å². The first kappa shape index (κ1) is 47.1. The molecule has 5 atom stereocenters. The first-order chi connectivity index (χ1) is 27.7. The molecule has 320 valence electrons. The van der Waals surface area contributed by atoms with Gasteiger partial charge in [-0.2, -0.15) is 0 Å².